The lowest BCUT2D eigenvalue weighted by molar-refractivity contribution is 0.852. The Labute approximate surface area is 78.8 Å². The molecule has 0 aliphatic carbocycles. The maximum atomic E-state index is 5.46. The smallest absolute Gasteiger partial charge is 0.132 e. The van der Waals surface area contributed by atoms with Crippen molar-refractivity contribution in [2.24, 2.45) is 5.73 Å². The Hall–Kier alpha value is -1.16. The fourth-order valence-electron chi connectivity index (χ4n) is 1.20. The lowest BCUT2D eigenvalue weighted by Crippen LogP contribution is -2.26. The number of rotatable bonds is 3. The zero-order valence-corrected chi connectivity index (χ0v) is 8.41. The number of nitrogens with two attached hydrogens (primary N) is 1. The molecule has 0 aliphatic rings. The van der Waals surface area contributed by atoms with E-state index in [1.165, 1.54) is 0 Å². The molecule has 1 rings (SSSR count). The van der Waals surface area contributed by atoms with E-state index < -0.39 is 0 Å². The predicted octanol–water partition coefficient (Wildman–Crippen LogP) is 0.488. The summed E-state index contributed by atoms with van der Waals surface area (Å²) in [6, 6.07) is 1.96. The van der Waals surface area contributed by atoms with E-state index in [9.17, 15) is 0 Å². The largest absolute Gasteiger partial charge is 0.358 e. The molecule has 0 spiro atoms. The van der Waals surface area contributed by atoms with Crippen LogP contribution in [0.25, 0.3) is 0 Å². The molecule has 0 aromatic carbocycles. The summed E-state index contributed by atoms with van der Waals surface area (Å²) in [4.78, 5) is 10.5. The fraction of sp³-hybridized carbons (Fsp3) is 0.556. The number of hydrogen-bond donors (Lipinski definition) is 1. The van der Waals surface area contributed by atoms with Crippen LogP contribution in [0.4, 0.5) is 5.82 Å². The van der Waals surface area contributed by atoms with Gasteiger partial charge in [-0.15, -0.1) is 0 Å². The van der Waals surface area contributed by atoms with Gasteiger partial charge in [-0.05, 0) is 13.8 Å². The first kappa shape index (κ1) is 9.92. The Bertz CT molecular complexity index is 265. The summed E-state index contributed by atoms with van der Waals surface area (Å²) in [6.07, 6.45) is 0. The molecule has 2 N–H and O–H groups in total. The topological polar surface area (TPSA) is 55.0 Å². The Kier molecular flexibility index (Phi) is 3.19. The number of anilines is 1. The minimum absolute atomic E-state index is 0.637. The molecule has 0 amide bonds. The minimum atomic E-state index is 0.637. The highest BCUT2D eigenvalue weighted by molar-refractivity contribution is 5.38. The summed E-state index contributed by atoms with van der Waals surface area (Å²) in [7, 11) is 1.98. The highest BCUT2D eigenvalue weighted by atomic mass is 15.2. The maximum absolute atomic E-state index is 5.46. The highest BCUT2D eigenvalue weighted by Gasteiger charge is 2.02. The third kappa shape index (κ3) is 2.66. The normalized spacial score (nSPS) is 10.2. The van der Waals surface area contributed by atoms with E-state index in [1.54, 1.807) is 0 Å². The lowest BCUT2D eigenvalue weighted by Gasteiger charge is -2.17. The second-order valence-corrected chi connectivity index (χ2v) is 3.12. The van der Waals surface area contributed by atoms with Gasteiger partial charge in [0.05, 0.1) is 0 Å². The average molecular weight is 180 g/mol. The van der Waals surface area contributed by atoms with E-state index in [2.05, 4.69) is 9.97 Å². The minimum Gasteiger partial charge on any atom is -0.358 e. The zero-order chi connectivity index (χ0) is 9.84. The van der Waals surface area contributed by atoms with Crippen molar-refractivity contribution in [2.45, 2.75) is 13.8 Å². The molecule has 13 heavy (non-hydrogen) atoms. The van der Waals surface area contributed by atoms with Crippen molar-refractivity contribution >= 4 is 5.82 Å². The average Bonchev–Trinajstić information content (AvgIpc) is 2.03. The van der Waals surface area contributed by atoms with Crippen LogP contribution in [-0.2, 0) is 0 Å². The van der Waals surface area contributed by atoms with Crippen molar-refractivity contribution in [3.63, 3.8) is 0 Å². The van der Waals surface area contributed by atoms with Crippen molar-refractivity contribution in [1.29, 1.82) is 0 Å². The van der Waals surface area contributed by atoms with Gasteiger partial charge in [0.25, 0.3) is 0 Å². The second-order valence-electron chi connectivity index (χ2n) is 3.12. The van der Waals surface area contributed by atoms with Crippen LogP contribution < -0.4 is 10.6 Å². The summed E-state index contributed by atoms with van der Waals surface area (Å²) in [6.45, 7) is 5.32. The van der Waals surface area contributed by atoms with Crippen LogP contribution >= 0.6 is 0 Å². The zero-order valence-electron chi connectivity index (χ0n) is 8.41. The molecule has 0 aliphatic heterocycles. The quantitative estimate of drug-likeness (QED) is 0.735. The molecular weight excluding hydrogens is 164 g/mol. The molecule has 4 nitrogen and oxygen atoms in total. The number of likely N-dealkylation sites (N-methyl/N-ethyl adjacent to an activating group) is 1. The summed E-state index contributed by atoms with van der Waals surface area (Å²) >= 11 is 0. The van der Waals surface area contributed by atoms with Gasteiger partial charge in [0, 0.05) is 31.9 Å². The molecule has 0 atom stereocenters. The van der Waals surface area contributed by atoms with Crippen LogP contribution in [0.5, 0.6) is 0 Å². The van der Waals surface area contributed by atoms with Crippen molar-refractivity contribution in [3.8, 4) is 0 Å². The van der Waals surface area contributed by atoms with Crippen LogP contribution in [0, 0.1) is 13.8 Å². The molecule has 1 aromatic rings. The third-order valence-corrected chi connectivity index (χ3v) is 1.81. The van der Waals surface area contributed by atoms with Crippen LogP contribution in [0.3, 0.4) is 0 Å². The van der Waals surface area contributed by atoms with Crippen molar-refractivity contribution in [1.82, 2.24) is 9.97 Å². The molecule has 4 heteroatoms. The van der Waals surface area contributed by atoms with Gasteiger partial charge in [0.15, 0.2) is 0 Å². The van der Waals surface area contributed by atoms with Gasteiger partial charge in [-0.2, -0.15) is 0 Å². The van der Waals surface area contributed by atoms with Crippen LogP contribution in [0.15, 0.2) is 6.07 Å². The third-order valence-electron chi connectivity index (χ3n) is 1.81. The van der Waals surface area contributed by atoms with E-state index >= 15 is 0 Å². The highest BCUT2D eigenvalue weighted by Crippen LogP contribution is 2.09. The lowest BCUT2D eigenvalue weighted by atomic mass is 10.4. The monoisotopic (exact) mass is 180 g/mol. The Balaban J connectivity index is 2.87. The Morgan fingerprint density at radius 1 is 1.38 bits per heavy atom. The van der Waals surface area contributed by atoms with Crippen molar-refractivity contribution < 1.29 is 0 Å². The standard InChI is InChI=1S/C9H16N4/c1-7-6-9(12-8(2)11-7)13(3)5-4-10/h6H,4-5,10H2,1-3H3. The SMILES string of the molecule is Cc1cc(N(C)CCN)nc(C)n1. The number of nitrogens with zero attached hydrogens (tertiary/aromatic N) is 3. The van der Waals surface area contributed by atoms with Crippen LogP contribution in [0.2, 0.25) is 0 Å². The Morgan fingerprint density at radius 2 is 2.08 bits per heavy atom. The van der Waals surface area contributed by atoms with E-state index in [-0.39, 0.29) is 0 Å². The van der Waals surface area contributed by atoms with E-state index in [1.807, 2.05) is 31.9 Å². The van der Waals surface area contributed by atoms with Gasteiger partial charge in [0.2, 0.25) is 0 Å². The van der Waals surface area contributed by atoms with E-state index in [0.29, 0.717) is 6.54 Å². The van der Waals surface area contributed by atoms with Crippen molar-refractivity contribution in [2.75, 3.05) is 25.0 Å². The fourth-order valence-corrected chi connectivity index (χ4v) is 1.20. The first-order valence-corrected chi connectivity index (χ1v) is 4.37. The molecule has 72 valence electrons. The van der Waals surface area contributed by atoms with E-state index in [0.717, 1.165) is 23.9 Å². The van der Waals surface area contributed by atoms with Gasteiger partial charge in [-0.3, -0.25) is 0 Å². The molecule has 1 heterocycles. The van der Waals surface area contributed by atoms with Gasteiger partial charge in [-0.25, -0.2) is 9.97 Å². The molecule has 1 aromatic heterocycles. The number of hydrogen-bond acceptors (Lipinski definition) is 4. The van der Waals surface area contributed by atoms with Crippen molar-refractivity contribution in [3.05, 3.63) is 17.6 Å². The Morgan fingerprint density at radius 3 is 2.62 bits per heavy atom. The molecule has 0 saturated heterocycles. The summed E-state index contributed by atoms with van der Waals surface area (Å²) in [5.74, 6) is 1.74. The summed E-state index contributed by atoms with van der Waals surface area (Å²) < 4.78 is 0. The summed E-state index contributed by atoms with van der Waals surface area (Å²) in [5, 5.41) is 0. The summed E-state index contributed by atoms with van der Waals surface area (Å²) in [5.41, 5.74) is 6.45. The van der Waals surface area contributed by atoms with E-state index in [4.69, 9.17) is 5.73 Å². The van der Waals surface area contributed by atoms with Gasteiger partial charge >= 0.3 is 0 Å². The molecule has 0 fully saturated rings. The molecule has 0 radical (unpaired) electrons. The molecule has 0 bridgehead atoms. The van der Waals surface area contributed by atoms with Crippen LogP contribution in [-0.4, -0.2) is 30.1 Å². The first-order valence-electron chi connectivity index (χ1n) is 4.37. The second kappa shape index (κ2) is 4.18. The van der Waals surface area contributed by atoms with Crippen LogP contribution in [0.1, 0.15) is 11.5 Å². The predicted molar refractivity (Wildman–Crippen MR) is 53.8 cm³/mol. The maximum Gasteiger partial charge on any atom is 0.132 e. The molecule has 0 saturated carbocycles. The van der Waals surface area contributed by atoms with Gasteiger partial charge < -0.3 is 10.6 Å². The van der Waals surface area contributed by atoms with Gasteiger partial charge in [0.1, 0.15) is 11.6 Å². The number of aromatic nitrogens is 2. The number of aryl methyl sites for hydroxylation is 2. The first-order chi connectivity index (χ1) is 6.13. The van der Waals surface area contributed by atoms with Gasteiger partial charge in [-0.1, -0.05) is 0 Å². The molecule has 0 unspecified atom stereocenters. The molecular formula is C9H16N4.